The van der Waals surface area contributed by atoms with Crippen LogP contribution in [0.15, 0.2) is 170 Å². The van der Waals surface area contributed by atoms with E-state index < -0.39 is 0 Å². The Labute approximate surface area is 397 Å². The van der Waals surface area contributed by atoms with Crippen molar-refractivity contribution >= 4 is 32.7 Å². The minimum Gasteiger partial charge on any atom is -0.0654 e. The second-order valence-electron chi connectivity index (χ2n) is 20.9. The van der Waals surface area contributed by atoms with Crippen molar-refractivity contribution in [3.8, 4) is 89.0 Å². The molecule has 0 fully saturated rings. The van der Waals surface area contributed by atoms with E-state index in [0.29, 0.717) is 0 Å². The van der Waals surface area contributed by atoms with Gasteiger partial charge >= 0.3 is 0 Å². The Kier molecular flexibility index (Phi) is 6.62. The second kappa shape index (κ2) is 12.3. The monoisotopic (exact) mass is 862 g/mol. The zero-order chi connectivity index (χ0) is 44.4. The van der Waals surface area contributed by atoms with E-state index in [-0.39, 0.29) is 10.8 Å². The summed E-state index contributed by atoms with van der Waals surface area (Å²) in [5.74, 6) is 0. The molecule has 2 unspecified atom stereocenters. The molecule has 17 rings (SSSR count). The molecule has 0 heteroatoms. The van der Waals surface area contributed by atoms with Crippen molar-refractivity contribution in [2.45, 2.75) is 63.2 Å². The van der Waals surface area contributed by atoms with Crippen LogP contribution < -0.4 is 0 Å². The predicted octanol–water partition coefficient (Wildman–Crippen LogP) is 18.2. The van der Waals surface area contributed by atoms with Gasteiger partial charge in [0.25, 0.3) is 0 Å². The highest BCUT2D eigenvalue weighted by atomic mass is 14.7. The van der Waals surface area contributed by atoms with Gasteiger partial charge in [-0.1, -0.05) is 185 Å². The third-order valence-corrected chi connectivity index (χ3v) is 18.2. The average Bonchev–Trinajstić information content (AvgIpc) is 4.07. The predicted molar refractivity (Wildman–Crippen MR) is 284 cm³/mol. The number of unbranched alkanes of at least 4 members (excludes halogenated alkanes) is 2. The summed E-state index contributed by atoms with van der Waals surface area (Å²) < 4.78 is 0. The van der Waals surface area contributed by atoms with Gasteiger partial charge in [0.2, 0.25) is 0 Å². The van der Waals surface area contributed by atoms with Crippen LogP contribution in [0.25, 0.3) is 122 Å². The summed E-state index contributed by atoms with van der Waals surface area (Å²) in [5.41, 5.74) is 37.6. The van der Waals surface area contributed by atoms with Crippen LogP contribution in [-0.4, -0.2) is 0 Å². The van der Waals surface area contributed by atoms with Gasteiger partial charge in [-0.15, -0.1) is 0 Å². The molecule has 68 heavy (non-hydrogen) atoms. The molecule has 0 heterocycles. The summed E-state index contributed by atoms with van der Waals surface area (Å²) >= 11 is 0. The first-order chi connectivity index (χ1) is 33.7. The topological polar surface area (TPSA) is 0 Å². The van der Waals surface area contributed by atoms with Gasteiger partial charge in [-0.05, 0) is 203 Å². The molecule has 0 nitrogen and oxygen atoms in total. The van der Waals surface area contributed by atoms with Crippen LogP contribution in [0.1, 0.15) is 96.9 Å². The van der Waals surface area contributed by atoms with E-state index in [1.54, 1.807) is 22.3 Å². The fourth-order valence-electron chi connectivity index (χ4n) is 16.0. The van der Waals surface area contributed by atoms with Crippen LogP contribution >= 0.6 is 0 Å². The van der Waals surface area contributed by atoms with Crippen LogP contribution in [0.2, 0.25) is 0 Å². The van der Waals surface area contributed by atoms with Gasteiger partial charge in [-0.25, -0.2) is 0 Å². The Bertz CT molecular complexity index is 3850. The third-order valence-electron chi connectivity index (χ3n) is 18.2. The maximum Gasteiger partial charge on any atom is 0.0359 e. The standard InChI is InChI=1S/C68H46/c1-3-5-31-67-51-29-17-15-27-45(51)61-59-49-35-39-21-9-7-19-37(39)33-47(49)57(59)55-43-25-13-11-23-41(43)53(63(55)65(61)67)54-42-24-12-14-26-44(42)56-58-48-34-38-20-8-10-22-40(38)36-50(48)60(58)62-46-28-16-18-30-52(46)68(67,32-6-4-2)66(62)64(54)56/h7-30,33-36H,3-6,31-32H2,1-2H3/b54-53-. The van der Waals surface area contributed by atoms with Gasteiger partial charge in [0.05, 0.1) is 0 Å². The number of hydrogen-bond donors (Lipinski definition) is 0. The molecule has 0 saturated carbocycles. The molecule has 7 aliphatic rings. The maximum absolute atomic E-state index is 2.60. The molecular weight excluding hydrogens is 817 g/mol. The van der Waals surface area contributed by atoms with E-state index in [4.69, 9.17) is 0 Å². The first kappa shape index (κ1) is 36.6. The highest BCUT2D eigenvalue weighted by Gasteiger charge is 2.67. The molecule has 7 aliphatic carbocycles. The van der Waals surface area contributed by atoms with Gasteiger partial charge in [0, 0.05) is 10.8 Å². The van der Waals surface area contributed by atoms with Crippen molar-refractivity contribution in [3.05, 3.63) is 214 Å². The minimum atomic E-state index is -0.358. The van der Waals surface area contributed by atoms with Crippen molar-refractivity contribution in [2.24, 2.45) is 0 Å². The van der Waals surface area contributed by atoms with E-state index in [1.807, 2.05) is 0 Å². The summed E-state index contributed by atoms with van der Waals surface area (Å²) in [4.78, 5) is 0. The molecule has 10 aromatic carbocycles. The largest absolute Gasteiger partial charge is 0.0654 e. The number of benzene rings is 10. The van der Waals surface area contributed by atoms with Gasteiger partial charge in [0.1, 0.15) is 0 Å². The number of fused-ring (bicyclic) bond motifs is 27. The first-order valence-electron chi connectivity index (χ1n) is 25.4. The Morgan fingerprint density at radius 1 is 0.279 bits per heavy atom. The molecule has 0 N–H and O–H groups in total. The Balaban J connectivity index is 1.17. The second-order valence-corrected chi connectivity index (χ2v) is 20.9. The smallest absolute Gasteiger partial charge is 0.0359 e. The SMILES string of the molecule is CCCCC12c3ccccc3-c3c4c(c5c(c31)/C(=C1/c3ccccc3-c3c1c1c(c6c3-c3cc7ccccc7cc3-6)-c3ccccc3C12CCCC)c1ccccc1-5)-c1cc2ccccc2cc1-4. The van der Waals surface area contributed by atoms with Crippen molar-refractivity contribution in [1.82, 2.24) is 0 Å². The zero-order valence-electron chi connectivity index (χ0n) is 38.4. The summed E-state index contributed by atoms with van der Waals surface area (Å²) in [7, 11) is 0. The molecule has 0 aromatic heterocycles. The summed E-state index contributed by atoms with van der Waals surface area (Å²) in [5, 5.41) is 5.28. The van der Waals surface area contributed by atoms with Crippen LogP contribution in [0.5, 0.6) is 0 Å². The van der Waals surface area contributed by atoms with Crippen LogP contribution in [0.4, 0.5) is 0 Å². The van der Waals surface area contributed by atoms with Crippen molar-refractivity contribution in [1.29, 1.82) is 0 Å². The van der Waals surface area contributed by atoms with E-state index in [2.05, 4.69) is 184 Å². The lowest BCUT2D eigenvalue weighted by molar-refractivity contribution is 0.267. The lowest BCUT2D eigenvalue weighted by Gasteiger charge is -2.53. The zero-order valence-corrected chi connectivity index (χ0v) is 38.4. The Hall–Kier alpha value is -7.54. The quantitative estimate of drug-likeness (QED) is 0.156. The van der Waals surface area contributed by atoms with E-state index in [9.17, 15) is 0 Å². The molecular formula is C68H46. The van der Waals surface area contributed by atoms with Gasteiger partial charge in [-0.2, -0.15) is 0 Å². The van der Waals surface area contributed by atoms with E-state index >= 15 is 0 Å². The molecule has 10 aromatic rings. The molecule has 0 spiro atoms. The van der Waals surface area contributed by atoms with Crippen LogP contribution in [0.3, 0.4) is 0 Å². The normalized spacial score (nSPS) is 19.6. The van der Waals surface area contributed by atoms with E-state index in [1.165, 1.54) is 144 Å². The van der Waals surface area contributed by atoms with Gasteiger partial charge < -0.3 is 0 Å². The minimum absolute atomic E-state index is 0.358. The summed E-state index contributed by atoms with van der Waals surface area (Å²) in [6.45, 7) is 4.86. The van der Waals surface area contributed by atoms with Crippen LogP contribution in [-0.2, 0) is 10.8 Å². The van der Waals surface area contributed by atoms with Gasteiger partial charge in [-0.3, -0.25) is 0 Å². The van der Waals surface area contributed by atoms with Crippen molar-refractivity contribution in [2.75, 3.05) is 0 Å². The molecule has 318 valence electrons. The highest BCUT2D eigenvalue weighted by molar-refractivity contribution is 6.32. The summed E-state index contributed by atoms with van der Waals surface area (Å²) in [6, 6.07) is 67.1. The molecule has 0 radical (unpaired) electrons. The first-order valence-corrected chi connectivity index (χ1v) is 25.4. The van der Waals surface area contributed by atoms with Crippen LogP contribution in [0, 0.1) is 0 Å². The highest BCUT2D eigenvalue weighted by Crippen LogP contribution is 2.79. The fraction of sp³-hybridized carbons (Fsp3) is 0.147. The molecule has 2 atom stereocenters. The van der Waals surface area contributed by atoms with Crippen molar-refractivity contribution < 1.29 is 0 Å². The fourth-order valence-corrected chi connectivity index (χ4v) is 16.0. The number of rotatable bonds is 6. The lowest BCUT2D eigenvalue weighted by Crippen LogP contribution is -2.50. The molecule has 0 amide bonds. The van der Waals surface area contributed by atoms with Crippen molar-refractivity contribution in [3.63, 3.8) is 0 Å². The van der Waals surface area contributed by atoms with Gasteiger partial charge in [0.15, 0.2) is 0 Å². The molecule has 0 bridgehead atoms. The summed E-state index contributed by atoms with van der Waals surface area (Å²) in [6.07, 6.45) is 6.74. The lowest BCUT2D eigenvalue weighted by atomic mass is 9.48. The Morgan fingerprint density at radius 3 is 0.941 bits per heavy atom. The molecule has 0 saturated heterocycles. The Morgan fingerprint density at radius 2 is 0.574 bits per heavy atom. The van der Waals surface area contributed by atoms with E-state index in [0.717, 1.165) is 38.5 Å². The average molecular weight is 863 g/mol. The third kappa shape index (κ3) is 3.80. The maximum atomic E-state index is 2.60. The molecule has 0 aliphatic heterocycles. The number of hydrogen-bond acceptors (Lipinski definition) is 0.